The predicted octanol–water partition coefficient (Wildman–Crippen LogP) is 4.71. The Morgan fingerprint density at radius 1 is 1.17 bits per heavy atom. The lowest BCUT2D eigenvalue weighted by atomic mass is 9.83. The van der Waals surface area contributed by atoms with E-state index in [4.69, 9.17) is 4.74 Å². The molecule has 4 nitrogen and oxygen atoms in total. The number of hydrogen-bond acceptors (Lipinski definition) is 3. The van der Waals surface area contributed by atoms with Gasteiger partial charge in [-0.3, -0.25) is 4.79 Å². The lowest BCUT2D eigenvalue weighted by Crippen LogP contribution is -2.38. The van der Waals surface area contributed by atoms with Gasteiger partial charge in [0.15, 0.2) is 0 Å². The molecule has 1 aliphatic rings. The van der Waals surface area contributed by atoms with Gasteiger partial charge in [-0.2, -0.15) is 0 Å². The van der Waals surface area contributed by atoms with E-state index in [0.29, 0.717) is 22.4 Å². The lowest BCUT2D eigenvalue weighted by molar-refractivity contribution is -0.143. The fraction of sp³-hybridized carbons (Fsp3) is 0.304. The highest BCUT2D eigenvalue weighted by Gasteiger charge is 2.37. The van der Waals surface area contributed by atoms with Crippen LogP contribution in [-0.2, 0) is 20.9 Å². The quantitative estimate of drug-likeness (QED) is 0.685. The average Bonchev–Trinajstić information content (AvgIpc) is 2.65. The first-order valence-electron chi connectivity index (χ1n) is 9.49. The molecule has 0 aromatic heterocycles. The van der Waals surface area contributed by atoms with Crippen LogP contribution < -0.4 is 0 Å². The third-order valence-corrected chi connectivity index (χ3v) is 4.92. The summed E-state index contributed by atoms with van der Waals surface area (Å²) in [6, 6.07) is 12.0. The highest BCUT2D eigenvalue weighted by molar-refractivity contribution is 5.96. The van der Waals surface area contributed by atoms with E-state index in [1.807, 2.05) is 0 Å². The van der Waals surface area contributed by atoms with Crippen LogP contribution in [0.2, 0.25) is 0 Å². The summed E-state index contributed by atoms with van der Waals surface area (Å²) in [5, 5.41) is 0. The summed E-state index contributed by atoms with van der Waals surface area (Å²) >= 11 is 0. The maximum absolute atomic E-state index is 14.1. The Balaban J connectivity index is 2.06. The summed E-state index contributed by atoms with van der Waals surface area (Å²) in [5.74, 6) is -2.31. The van der Waals surface area contributed by atoms with Crippen LogP contribution in [0.3, 0.4) is 0 Å². The van der Waals surface area contributed by atoms with Gasteiger partial charge in [-0.15, -0.1) is 0 Å². The molecule has 29 heavy (non-hydrogen) atoms. The van der Waals surface area contributed by atoms with Gasteiger partial charge in [0.25, 0.3) is 0 Å². The molecule has 0 saturated carbocycles. The van der Waals surface area contributed by atoms with Gasteiger partial charge in [-0.05, 0) is 44.5 Å². The minimum Gasteiger partial charge on any atom is -0.460 e. The Labute approximate surface area is 168 Å². The van der Waals surface area contributed by atoms with Crippen molar-refractivity contribution < 1.29 is 23.1 Å². The molecule has 0 radical (unpaired) electrons. The van der Waals surface area contributed by atoms with Crippen molar-refractivity contribution in [2.45, 2.75) is 45.8 Å². The second-order valence-electron chi connectivity index (χ2n) is 7.34. The standard InChI is InChI=1S/C23H23F2NO3/c1-14(2)29-23(28)22-15(3)26(13-17-7-4-5-10-20(17)25)21(27)12-19(22)16-8-6-9-18(24)11-16/h4-11,14,19H,12-13H2,1-3H3. The second-order valence-corrected chi connectivity index (χ2v) is 7.34. The second kappa shape index (κ2) is 8.55. The first-order chi connectivity index (χ1) is 13.8. The molecule has 1 aliphatic heterocycles. The van der Waals surface area contributed by atoms with E-state index in [9.17, 15) is 18.4 Å². The molecule has 0 aliphatic carbocycles. The van der Waals surface area contributed by atoms with Crippen LogP contribution in [0.1, 0.15) is 44.2 Å². The zero-order chi connectivity index (χ0) is 21.1. The maximum atomic E-state index is 14.1. The molecule has 2 aromatic carbocycles. The van der Waals surface area contributed by atoms with Crippen LogP contribution in [0.15, 0.2) is 59.8 Å². The first-order valence-corrected chi connectivity index (χ1v) is 9.49. The van der Waals surface area contributed by atoms with Gasteiger partial charge in [0.1, 0.15) is 11.6 Å². The molecular formula is C23H23F2NO3. The topological polar surface area (TPSA) is 46.6 Å². The molecule has 1 heterocycles. The summed E-state index contributed by atoms with van der Waals surface area (Å²) in [5.41, 5.74) is 1.56. The highest BCUT2D eigenvalue weighted by Crippen LogP contribution is 2.38. The zero-order valence-electron chi connectivity index (χ0n) is 16.6. The molecule has 0 N–H and O–H groups in total. The SMILES string of the molecule is CC1=C(C(=O)OC(C)C)C(c2cccc(F)c2)CC(=O)N1Cc1ccccc1F. The molecular weight excluding hydrogens is 376 g/mol. The van der Waals surface area contributed by atoms with E-state index in [1.165, 1.54) is 23.1 Å². The molecule has 2 aromatic rings. The lowest BCUT2D eigenvalue weighted by Gasteiger charge is -2.35. The van der Waals surface area contributed by atoms with Crippen molar-refractivity contribution in [1.82, 2.24) is 4.90 Å². The largest absolute Gasteiger partial charge is 0.460 e. The molecule has 1 atom stereocenters. The van der Waals surface area contributed by atoms with Crippen molar-refractivity contribution >= 4 is 11.9 Å². The third-order valence-electron chi connectivity index (χ3n) is 4.92. The van der Waals surface area contributed by atoms with Gasteiger partial charge in [-0.25, -0.2) is 13.6 Å². The monoisotopic (exact) mass is 399 g/mol. The number of esters is 1. The Hall–Kier alpha value is -3.02. The normalized spacial score (nSPS) is 17.1. The molecule has 0 spiro atoms. The highest BCUT2D eigenvalue weighted by atomic mass is 19.1. The number of nitrogens with zero attached hydrogens (tertiary/aromatic N) is 1. The number of amides is 1. The predicted molar refractivity (Wildman–Crippen MR) is 105 cm³/mol. The van der Waals surface area contributed by atoms with Crippen LogP contribution in [0.4, 0.5) is 8.78 Å². The van der Waals surface area contributed by atoms with E-state index in [-0.39, 0.29) is 25.0 Å². The van der Waals surface area contributed by atoms with Gasteiger partial charge < -0.3 is 9.64 Å². The maximum Gasteiger partial charge on any atom is 0.336 e. The van der Waals surface area contributed by atoms with Crippen molar-refractivity contribution in [1.29, 1.82) is 0 Å². The van der Waals surface area contributed by atoms with Gasteiger partial charge in [0.2, 0.25) is 5.91 Å². The fourth-order valence-corrected chi connectivity index (χ4v) is 3.55. The van der Waals surface area contributed by atoms with Crippen molar-refractivity contribution in [3.05, 3.63) is 82.6 Å². The fourth-order valence-electron chi connectivity index (χ4n) is 3.55. The summed E-state index contributed by atoms with van der Waals surface area (Å²) in [6.45, 7) is 5.11. The van der Waals surface area contributed by atoms with E-state index < -0.39 is 23.5 Å². The number of hydrogen-bond donors (Lipinski definition) is 0. The molecule has 0 saturated heterocycles. The Kier molecular flexibility index (Phi) is 6.11. The van der Waals surface area contributed by atoms with Crippen LogP contribution in [0.5, 0.6) is 0 Å². The number of allylic oxidation sites excluding steroid dienone is 1. The van der Waals surface area contributed by atoms with E-state index >= 15 is 0 Å². The Bertz CT molecular complexity index is 968. The van der Waals surface area contributed by atoms with Crippen molar-refractivity contribution in [2.75, 3.05) is 0 Å². The average molecular weight is 399 g/mol. The van der Waals surface area contributed by atoms with Gasteiger partial charge in [0.05, 0.1) is 18.2 Å². The molecule has 1 unspecified atom stereocenters. The molecule has 6 heteroatoms. The molecule has 3 rings (SSSR count). The van der Waals surface area contributed by atoms with E-state index in [1.54, 1.807) is 51.1 Å². The van der Waals surface area contributed by atoms with Crippen LogP contribution in [0, 0.1) is 11.6 Å². The summed E-state index contributed by atoms with van der Waals surface area (Å²) < 4.78 is 33.3. The van der Waals surface area contributed by atoms with Gasteiger partial charge in [-0.1, -0.05) is 30.3 Å². The Morgan fingerprint density at radius 2 is 1.90 bits per heavy atom. The van der Waals surface area contributed by atoms with Crippen molar-refractivity contribution in [3.63, 3.8) is 0 Å². The molecule has 0 bridgehead atoms. The van der Waals surface area contributed by atoms with Crippen molar-refractivity contribution in [2.24, 2.45) is 0 Å². The Morgan fingerprint density at radius 3 is 2.55 bits per heavy atom. The van der Waals surface area contributed by atoms with Crippen LogP contribution in [0.25, 0.3) is 0 Å². The zero-order valence-corrected chi connectivity index (χ0v) is 16.6. The van der Waals surface area contributed by atoms with E-state index in [0.717, 1.165) is 0 Å². The number of carbonyl (C=O) groups is 2. The summed E-state index contributed by atoms with van der Waals surface area (Å²) in [4.78, 5) is 27.2. The van der Waals surface area contributed by atoms with Crippen LogP contribution >= 0.6 is 0 Å². The minimum atomic E-state index is -0.624. The number of ether oxygens (including phenoxy) is 1. The third kappa shape index (κ3) is 4.53. The molecule has 152 valence electrons. The minimum absolute atomic E-state index is 0.00562. The summed E-state index contributed by atoms with van der Waals surface area (Å²) in [6.07, 6.45) is -0.383. The van der Waals surface area contributed by atoms with Crippen molar-refractivity contribution in [3.8, 4) is 0 Å². The molecule has 0 fully saturated rings. The number of rotatable bonds is 5. The summed E-state index contributed by atoms with van der Waals surface area (Å²) in [7, 11) is 0. The van der Waals surface area contributed by atoms with Gasteiger partial charge >= 0.3 is 5.97 Å². The van der Waals surface area contributed by atoms with Crippen LogP contribution in [-0.4, -0.2) is 22.9 Å². The van der Waals surface area contributed by atoms with Gasteiger partial charge in [0, 0.05) is 23.6 Å². The first kappa shape index (κ1) is 20.7. The number of carbonyl (C=O) groups excluding carboxylic acids is 2. The smallest absolute Gasteiger partial charge is 0.336 e. The van der Waals surface area contributed by atoms with E-state index in [2.05, 4.69) is 0 Å². The number of benzene rings is 2. The molecule has 1 amide bonds. The number of halogens is 2.